The molecule has 7 nitrogen and oxygen atoms in total. The summed E-state index contributed by atoms with van der Waals surface area (Å²) in [6.45, 7) is 1.94. The zero-order chi connectivity index (χ0) is 20.2. The molecule has 28 heavy (non-hydrogen) atoms. The minimum absolute atomic E-state index is 0.00878. The molecule has 1 aromatic carbocycles. The zero-order valence-corrected chi connectivity index (χ0v) is 16.4. The first-order valence-electron chi connectivity index (χ1n) is 10.1. The molecule has 0 saturated carbocycles. The van der Waals surface area contributed by atoms with Gasteiger partial charge in [0.15, 0.2) is 0 Å². The maximum Gasteiger partial charge on any atom is 0.315 e. The van der Waals surface area contributed by atoms with Crippen LogP contribution in [0.25, 0.3) is 0 Å². The molecule has 1 aliphatic rings. The molecule has 1 atom stereocenters. The fourth-order valence-corrected chi connectivity index (χ4v) is 3.40. The third-order valence-corrected chi connectivity index (χ3v) is 4.93. The number of likely N-dealkylation sites (tertiary alicyclic amines) is 1. The Morgan fingerprint density at radius 2 is 1.93 bits per heavy atom. The second-order valence-corrected chi connectivity index (χ2v) is 7.26. The molecule has 0 radical (unpaired) electrons. The number of hydrogen-bond acceptors (Lipinski definition) is 3. The Balaban J connectivity index is 1.73. The van der Waals surface area contributed by atoms with Crippen molar-refractivity contribution in [1.82, 2.24) is 15.5 Å². The van der Waals surface area contributed by atoms with Gasteiger partial charge in [-0.25, -0.2) is 4.79 Å². The lowest BCUT2D eigenvalue weighted by molar-refractivity contribution is -0.137. The van der Waals surface area contributed by atoms with E-state index in [2.05, 4.69) is 10.6 Å². The highest BCUT2D eigenvalue weighted by atomic mass is 16.4. The minimum Gasteiger partial charge on any atom is -0.481 e. The predicted molar refractivity (Wildman–Crippen MR) is 107 cm³/mol. The molecule has 0 spiro atoms. The van der Waals surface area contributed by atoms with Crippen molar-refractivity contribution in [3.05, 3.63) is 35.9 Å². The molecule has 3 N–H and O–H groups in total. The Kier molecular flexibility index (Phi) is 9.31. The maximum absolute atomic E-state index is 12.2. The van der Waals surface area contributed by atoms with Crippen LogP contribution in [0.15, 0.2) is 30.3 Å². The van der Waals surface area contributed by atoms with Crippen LogP contribution in [-0.2, 0) is 16.0 Å². The summed E-state index contributed by atoms with van der Waals surface area (Å²) in [5, 5.41) is 14.6. The number of nitrogens with zero attached hydrogens (tertiary/aromatic N) is 1. The molecule has 1 aromatic rings. The molecule has 1 unspecified atom stereocenters. The van der Waals surface area contributed by atoms with Crippen LogP contribution >= 0.6 is 0 Å². The van der Waals surface area contributed by atoms with Gasteiger partial charge >= 0.3 is 12.0 Å². The molecular weight excluding hydrogens is 358 g/mol. The van der Waals surface area contributed by atoms with Gasteiger partial charge in [0.25, 0.3) is 0 Å². The fraction of sp³-hybridized carbons (Fsp3) is 0.571. The third-order valence-electron chi connectivity index (χ3n) is 4.93. The van der Waals surface area contributed by atoms with Gasteiger partial charge in [0.1, 0.15) is 0 Å². The number of urea groups is 1. The van der Waals surface area contributed by atoms with E-state index in [1.165, 1.54) is 0 Å². The van der Waals surface area contributed by atoms with Crippen molar-refractivity contribution >= 4 is 17.9 Å². The van der Waals surface area contributed by atoms with E-state index in [9.17, 15) is 14.4 Å². The quantitative estimate of drug-likeness (QED) is 0.536. The average Bonchev–Trinajstić information content (AvgIpc) is 2.88. The molecule has 1 aliphatic heterocycles. The average molecular weight is 389 g/mol. The Morgan fingerprint density at radius 3 is 2.68 bits per heavy atom. The van der Waals surface area contributed by atoms with E-state index in [1.807, 2.05) is 35.2 Å². The second-order valence-electron chi connectivity index (χ2n) is 7.26. The summed E-state index contributed by atoms with van der Waals surface area (Å²) in [5.74, 6) is -0.666. The van der Waals surface area contributed by atoms with E-state index in [1.54, 1.807) is 0 Å². The standard InChI is InChI=1S/C21H31N3O4/c25-19-10-5-2-6-14-24(19)15-7-13-22-21(28)23-18(11-12-20(26)27)16-17-8-3-1-4-9-17/h1,3-4,8-9,18H,2,5-7,10-16H2,(H,26,27)(H2,22,23,28). The maximum atomic E-state index is 12.2. The van der Waals surface area contributed by atoms with Gasteiger partial charge in [-0.3, -0.25) is 9.59 Å². The molecule has 154 valence electrons. The van der Waals surface area contributed by atoms with Gasteiger partial charge in [-0.15, -0.1) is 0 Å². The number of rotatable bonds is 10. The smallest absolute Gasteiger partial charge is 0.315 e. The summed E-state index contributed by atoms with van der Waals surface area (Å²) < 4.78 is 0. The number of amides is 3. The monoisotopic (exact) mass is 389 g/mol. The largest absolute Gasteiger partial charge is 0.481 e. The number of hydrogen-bond donors (Lipinski definition) is 3. The van der Waals surface area contributed by atoms with Gasteiger partial charge in [-0.2, -0.15) is 0 Å². The second kappa shape index (κ2) is 12.0. The summed E-state index contributed by atoms with van der Waals surface area (Å²) in [6.07, 6.45) is 5.41. The highest BCUT2D eigenvalue weighted by Gasteiger charge is 2.17. The van der Waals surface area contributed by atoms with Crippen LogP contribution in [0.4, 0.5) is 4.79 Å². The van der Waals surface area contributed by atoms with Crippen LogP contribution in [0.2, 0.25) is 0 Å². The van der Waals surface area contributed by atoms with E-state index < -0.39 is 5.97 Å². The van der Waals surface area contributed by atoms with E-state index in [0.717, 1.165) is 31.4 Å². The summed E-state index contributed by atoms with van der Waals surface area (Å²) in [6, 6.07) is 9.16. The Hall–Kier alpha value is -2.57. The van der Waals surface area contributed by atoms with Crippen LogP contribution in [0.3, 0.4) is 0 Å². The van der Waals surface area contributed by atoms with Crippen molar-refractivity contribution in [1.29, 1.82) is 0 Å². The lowest BCUT2D eigenvalue weighted by Gasteiger charge is -2.21. The highest BCUT2D eigenvalue weighted by molar-refractivity contribution is 5.76. The van der Waals surface area contributed by atoms with Crippen molar-refractivity contribution < 1.29 is 19.5 Å². The summed E-state index contributed by atoms with van der Waals surface area (Å²) in [5.41, 5.74) is 1.05. The van der Waals surface area contributed by atoms with Gasteiger partial charge in [0.2, 0.25) is 5.91 Å². The van der Waals surface area contributed by atoms with Crippen molar-refractivity contribution in [2.24, 2.45) is 0 Å². The minimum atomic E-state index is -0.873. The normalized spacial score (nSPS) is 15.6. The number of carboxylic acid groups (broad SMARTS) is 1. The van der Waals surface area contributed by atoms with E-state index >= 15 is 0 Å². The van der Waals surface area contributed by atoms with E-state index in [0.29, 0.717) is 38.8 Å². The molecule has 0 aromatic heterocycles. The molecule has 3 amide bonds. The third kappa shape index (κ3) is 8.41. The Bertz CT molecular complexity index is 636. The summed E-state index contributed by atoms with van der Waals surface area (Å²) >= 11 is 0. The van der Waals surface area contributed by atoms with Crippen molar-refractivity contribution in [3.63, 3.8) is 0 Å². The number of benzene rings is 1. The van der Waals surface area contributed by atoms with Gasteiger partial charge in [-0.05, 0) is 37.7 Å². The SMILES string of the molecule is O=C(O)CCC(Cc1ccccc1)NC(=O)NCCCN1CCCCCC1=O. The first-order chi connectivity index (χ1) is 13.5. The molecule has 1 fully saturated rings. The zero-order valence-electron chi connectivity index (χ0n) is 16.4. The molecule has 0 bridgehead atoms. The molecule has 2 rings (SSSR count). The number of aliphatic carboxylic acids is 1. The van der Waals surface area contributed by atoms with Crippen molar-refractivity contribution in [2.75, 3.05) is 19.6 Å². The van der Waals surface area contributed by atoms with Gasteiger partial charge in [0.05, 0.1) is 0 Å². The molecule has 0 aliphatic carbocycles. The number of nitrogens with one attached hydrogen (secondary N) is 2. The lowest BCUT2D eigenvalue weighted by Crippen LogP contribution is -2.44. The van der Waals surface area contributed by atoms with Crippen LogP contribution in [-0.4, -0.2) is 53.6 Å². The number of carbonyl (C=O) groups is 3. The van der Waals surface area contributed by atoms with Crippen LogP contribution in [0, 0.1) is 0 Å². The molecule has 1 heterocycles. The van der Waals surface area contributed by atoms with E-state index in [-0.39, 0.29) is 24.4 Å². The molecule has 1 saturated heterocycles. The van der Waals surface area contributed by atoms with Crippen LogP contribution in [0.1, 0.15) is 50.5 Å². The number of carboxylic acids is 1. The van der Waals surface area contributed by atoms with Crippen LogP contribution < -0.4 is 10.6 Å². The Morgan fingerprint density at radius 1 is 1.14 bits per heavy atom. The van der Waals surface area contributed by atoms with E-state index in [4.69, 9.17) is 5.11 Å². The summed E-state index contributed by atoms with van der Waals surface area (Å²) in [7, 11) is 0. The van der Waals surface area contributed by atoms with Gasteiger partial charge in [0, 0.05) is 38.5 Å². The first-order valence-corrected chi connectivity index (χ1v) is 10.1. The van der Waals surface area contributed by atoms with Crippen LogP contribution in [0.5, 0.6) is 0 Å². The lowest BCUT2D eigenvalue weighted by atomic mass is 10.0. The van der Waals surface area contributed by atoms with Gasteiger partial charge < -0.3 is 20.6 Å². The topological polar surface area (TPSA) is 98.7 Å². The van der Waals surface area contributed by atoms with Crippen molar-refractivity contribution in [3.8, 4) is 0 Å². The predicted octanol–water partition coefficient (Wildman–Crippen LogP) is 2.55. The summed E-state index contributed by atoms with van der Waals surface area (Å²) in [4.78, 5) is 37.0. The molecule has 7 heteroatoms. The van der Waals surface area contributed by atoms with Crippen molar-refractivity contribution in [2.45, 2.75) is 57.4 Å². The highest BCUT2D eigenvalue weighted by Crippen LogP contribution is 2.11. The van der Waals surface area contributed by atoms with Gasteiger partial charge in [-0.1, -0.05) is 36.8 Å². The molecular formula is C21H31N3O4. The number of carbonyl (C=O) groups excluding carboxylic acids is 2. The Labute approximate surface area is 166 Å². The first kappa shape index (κ1) is 21.7. The fourth-order valence-electron chi connectivity index (χ4n) is 3.40.